The molecule has 1 aromatic carbocycles. The van der Waals surface area contributed by atoms with Crippen molar-refractivity contribution >= 4 is 18.3 Å². The minimum absolute atomic E-state index is 0. The monoisotopic (exact) mass is 316 g/mol. The van der Waals surface area contributed by atoms with Crippen LogP contribution in [0.15, 0.2) is 30.3 Å². The minimum Gasteiger partial charge on any atom is -0.396 e. The van der Waals surface area contributed by atoms with E-state index in [1.807, 2.05) is 30.3 Å². The Morgan fingerprint density at radius 3 is 2.67 bits per heavy atom. The molecule has 1 rings (SSSR count). The number of methoxy groups -OCH3 is 1. The number of aliphatic hydroxyl groups is 1. The Morgan fingerprint density at radius 1 is 1.33 bits per heavy atom. The maximum atomic E-state index is 11.7. The number of nitrogens with one attached hydrogen (secondary N) is 2. The molecule has 0 aliphatic carbocycles. The van der Waals surface area contributed by atoms with E-state index in [9.17, 15) is 4.79 Å². The lowest BCUT2D eigenvalue weighted by atomic mass is 9.96. The maximum Gasteiger partial charge on any atom is 0.233 e. The smallest absolute Gasteiger partial charge is 0.233 e. The number of rotatable bonds is 10. The lowest BCUT2D eigenvalue weighted by molar-refractivity contribution is -0.120. The number of carbonyl (C=O) groups excluding carboxylic acids is 1. The zero-order valence-electron chi connectivity index (χ0n) is 12.4. The van der Waals surface area contributed by atoms with Crippen molar-refractivity contribution in [1.82, 2.24) is 10.6 Å². The maximum absolute atomic E-state index is 11.7. The number of aliphatic hydroxyl groups excluding tert-OH is 1. The van der Waals surface area contributed by atoms with Crippen LogP contribution < -0.4 is 10.6 Å². The topological polar surface area (TPSA) is 70.6 Å². The molecule has 0 spiro atoms. The van der Waals surface area contributed by atoms with Crippen LogP contribution in [0.5, 0.6) is 0 Å². The molecule has 0 saturated carbocycles. The minimum atomic E-state index is -0.0417. The first-order valence-corrected chi connectivity index (χ1v) is 6.90. The van der Waals surface area contributed by atoms with Crippen LogP contribution >= 0.6 is 12.4 Å². The molecule has 1 atom stereocenters. The third-order valence-electron chi connectivity index (χ3n) is 3.06. The molecule has 0 aliphatic heterocycles. The first-order chi connectivity index (χ1) is 9.77. The Labute approximate surface area is 132 Å². The average molecular weight is 317 g/mol. The SMILES string of the molecule is COCCNCC(=O)NCC(CCO)c1ccccc1.Cl. The number of hydrogen-bond donors (Lipinski definition) is 3. The highest BCUT2D eigenvalue weighted by Gasteiger charge is 2.12. The van der Waals surface area contributed by atoms with Gasteiger partial charge in [-0.15, -0.1) is 12.4 Å². The van der Waals surface area contributed by atoms with E-state index in [0.29, 0.717) is 26.1 Å². The summed E-state index contributed by atoms with van der Waals surface area (Å²) in [5.41, 5.74) is 1.13. The number of benzene rings is 1. The second-order valence-corrected chi connectivity index (χ2v) is 4.59. The Morgan fingerprint density at radius 2 is 2.05 bits per heavy atom. The summed E-state index contributed by atoms with van der Waals surface area (Å²) in [6.07, 6.45) is 0.640. The molecule has 0 radical (unpaired) electrons. The fraction of sp³-hybridized carbons (Fsp3) is 0.533. The highest BCUT2D eigenvalue weighted by atomic mass is 35.5. The zero-order valence-corrected chi connectivity index (χ0v) is 13.2. The molecule has 0 heterocycles. The van der Waals surface area contributed by atoms with Gasteiger partial charge in [0.1, 0.15) is 0 Å². The van der Waals surface area contributed by atoms with Gasteiger partial charge in [0, 0.05) is 32.7 Å². The standard InChI is InChI=1S/C15H24N2O3.ClH/c1-20-10-8-16-12-15(19)17-11-14(7-9-18)13-5-3-2-4-6-13;/h2-6,14,16,18H,7-12H2,1H3,(H,17,19);1H. The first kappa shape index (κ1) is 19.9. The van der Waals surface area contributed by atoms with Crippen molar-refractivity contribution in [2.24, 2.45) is 0 Å². The molecule has 120 valence electrons. The van der Waals surface area contributed by atoms with Crippen LogP contribution in [-0.2, 0) is 9.53 Å². The van der Waals surface area contributed by atoms with Crippen LogP contribution in [-0.4, -0.2) is 51.0 Å². The molecular weight excluding hydrogens is 292 g/mol. The Kier molecular flexibility index (Phi) is 11.9. The van der Waals surface area contributed by atoms with Gasteiger partial charge in [-0.3, -0.25) is 4.79 Å². The largest absolute Gasteiger partial charge is 0.396 e. The fourth-order valence-electron chi connectivity index (χ4n) is 1.94. The van der Waals surface area contributed by atoms with E-state index in [1.54, 1.807) is 7.11 Å². The van der Waals surface area contributed by atoms with Gasteiger partial charge in [0.2, 0.25) is 5.91 Å². The predicted molar refractivity (Wildman–Crippen MR) is 85.9 cm³/mol. The third-order valence-corrected chi connectivity index (χ3v) is 3.06. The molecule has 0 aliphatic rings. The lowest BCUT2D eigenvalue weighted by Crippen LogP contribution is -2.37. The number of halogens is 1. The molecule has 21 heavy (non-hydrogen) atoms. The summed E-state index contributed by atoms with van der Waals surface area (Å²) in [5.74, 6) is 0.101. The van der Waals surface area contributed by atoms with E-state index in [-0.39, 0.29) is 37.4 Å². The van der Waals surface area contributed by atoms with E-state index >= 15 is 0 Å². The van der Waals surface area contributed by atoms with E-state index in [0.717, 1.165) is 5.56 Å². The van der Waals surface area contributed by atoms with Crippen molar-refractivity contribution in [2.45, 2.75) is 12.3 Å². The van der Waals surface area contributed by atoms with Crippen molar-refractivity contribution in [1.29, 1.82) is 0 Å². The van der Waals surface area contributed by atoms with Crippen LogP contribution in [0.2, 0.25) is 0 Å². The normalized spacial score (nSPS) is 11.5. The molecule has 0 bridgehead atoms. The number of ether oxygens (including phenoxy) is 1. The molecule has 0 aromatic heterocycles. The van der Waals surface area contributed by atoms with Crippen LogP contribution in [0.1, 0.15) is 17.9 Å². The van der Waals surface area contributed by atoms with Crippen molar-refractivity contribution in [3.63, 3.8) is 0 Å². The van der Waals surface area contributed by atoms with Gasteiger partial charge in [-0.2, -0.15) is 0 Å². The fourth-order valence-corrected chi connectivity index (χ4v) is 1.94. The third kappa shape index (κ3) is 8.67. The molecular formula is C15H25ClN2O3. The summed E-state index contributed by atoms with van der Waals surface area (Å²) in [5, 5.41) is 15.0. The summed E-state index contributed by atoms with van der Waals surface area (Å²) < 4.78 is 4.89. The van der Waals surface area contributed by atoms with E-state index in [2.05, 4.69) is 10.6 Å². The molecule has 1 aromatic rings. The summed E-state index contributed by atoms with van der Waals surface area (Å²) in [7, 11) is 1.63. The molecule has 6 heteroatoms. The number of hydrogen-bond acceptors (Lipinski definition) is 4. The zero-order chi connectivity index (χ0) is 14.6. The highest BCUT2D eigenvalue weighted by Crippen LogP contribution is 2.17. The molecule has 0 fully saturated rings. The van der Waals surface area contributed by atoms with Gasteiger partial charge in [0.25, 0.3) is 0 Å². The summed E-state index contributed by atoms with van der Waals surface area (Å²) in [6.45, 7) is 2.17. The summed E-state index contributed by atoms with van der Waals surface area (Å²) in [6, 6.07) is 9.92. The molecule has 1 amide bonds. The lowest BCUT2D eigenvalue weighted by Gasteiger charge is -2.17. The Hall–Kier alpha value is -1.14. The van der Waals surface area contributed by atoms with Crippen molar-refractivity contribution in [3.8, 4) is 0 Å². The van der Waals surface area contributed by atoms with Crippen molar-refractivity contribution in [2.75, 3.05) is 40.0 Å². The Balaban J connectivity index is 0.00000400. The van der Waals surface area contributed by atoms with Gasteiger partial charge >= 0.3 is 0 Å². The number of amides is 1. The first-order valence-electron chi connectivity index (χ1n) is 6.90. The quantitative estimate of drug-likeness (QED) is 0.562. The van der Waals surface area contributed by atoms with Crippen LogP contribution in [0, 0.1) is 0 Å². The Bertz CT molecular complexity index is 376. The summed E-state index contributed by atoms with van der Waals surface area (Å²) in [4.78, 5) is 11.7. The average Bonchev–Trinajstić information content (AvgIpc) is 2.49. The van der Waals surface area contributed by atoms with E-state index < -0.39 is 0 Å². The van der Waals surface area contributed by atoms with Gasteiger partial charge in [0.15, 0.2) is 0 Å². The summed E-state index contributed by atoms with van der Waals surface area (Å²) >= 11 is 0. The van der Waals surface area contributed by atoms with Gasteiger partial charge in [0.05, 0.1) is 13.2 Å². The van der Waals surface area contributed by atoms with Crippen LogP contribution in [0.4, 0.5) is 0 Å². The van der Waals surface area contributed by atoms with Gasteiger partial charge < -0.3 is 20.5 Å². The van der Waals surface area contributed by atoms with Gasteiger partial charge in [-0.25, -0.2) is 0 Å². The molecule has 0 saturated heterocycles. The van der Waals surface area contributed by atoms with Crippen molar-refractivity contribution < 1.29 is 14.6 Å². The molecule has 3 N–H and O–H groups in total. The van der Waals surface area contributed by atoms with Gasteiger partial charge in [-0.1, -0.05) is 30.3 Å². The predicted octanol–water partition coefficient (Wildman–Crippen LogP) is 0.927. The second kappa shape index (κ2) is 12.6. The second-order valence-electron chi connectivity index (χ2n) is 4.59. The van der Waals surface area contributed by atoms with E-state index in [4.69, 9.17) is 9.84 Å². The number of carbonyl (C=O) groups is 1. The highest BCUT2D eigenvalue weighted by molar-refractivity contribution is 5.85. The molecule has 5 nitrogen and oxygen atoms in total. The van der Waals surface area contributed by atoms with E-state index in [1.165, 1.54) is 0 Å². The van der Waals surface area contributed by atoms with Crippen LogP contribution in [0.3, 0.4) is 0 Å². The molecule has 1 unspecified atom stereocenters. The van der Waals surface area contributed by atoms with Crippen molar-refractivity contribution in [3.05, 3.63) is 35.9 Å². The van der Waals surface area contributed by atoms with Gasteiger partial charge in [-0.05, 0) is 12.0 Å². The van der Waals surface area contributed by atoms with Crippen LogP contribution in [0.25, 0.3) is 0 Å².